The Bertz CT molecular complexity index is 928. The number of aliphatic hydroxyl groups is 1. The number of fused-ring (bicyclic) bond motifs is 1. The molecule has 1 aromatic carbocycles. The third kappa shape index (κ3) is 4.25. The van der Waals surface area contributed by atoms with E-state index < -0.39 is 17.1 Å². The van der Waals surface area contributed by atoms with Gasteiger partial charge in [-0.05, 0) is 37.5 Å². The molecule has 132 valence electrons. The molecule has 0 radical (unpaired) electrons. The maximum absolute atomic E-state index is 12.6. The van der Waals surface area contributed by atoms with Crippen molar-refractivity contribution in [3.8, 4) is 11.8 Å². The lowest BCUT2D eigenvalue weighted by Crippen LogP contribution is -2.44. The zero-order valence-electron chi connectivity index (χ0n) is 15.1. The van der Waals surface area contributed by atoms with Crippen molar-refractivity contribution in [2.75, 3.05) is 5.32 Å². The molecule has 2 rings (SSSR count). The second-order valence-corrected chi connectivity index (χ2v) is 7.24. The molecule has 1 aromatic heterocycles. The molecule has 25 heavy (non-hydrogen) atoms. The summed E-state index contributed by atoms with van der Waals surface area (Å²) in [5, 5.41) is 18.0. The molecule has 6 heteroatoms. The molecule has 1 unspecified atom stereocenters. The summed E-state index contributed by atoms with van der Waals surface area (Å²) in [5.41, 5.74) is -1.66. The first-order valence-electron chi connectivity index (χ1n) is 7.94. The van der Waals surface area contributed by atoms with Crippen molar-refractivity contribution >= 4 is 22.4 Å². The van der Waals surface area contributed by atoms with Gasteiger partial charge in [0, 0.05) is 17.5 Å². The molecule has 1 atom stereocenters. The van der Waals surface area contributed by atoms with E-state index in [1.54, 1.807) is 32.0 Å². The zero-order chi connectivity index (χ0) is 18.8. The fourth-order valence-corrected chi connectivity index (χ4v) is 2.70. The van der Waals surface area contributed by atoms with E-state index in [9.17, 15) is 14.7 Å². The van der Waals surface area contributed by atoms with E-state index in [1.165, 1.54) is 0 Å². The summed E-state index contributed by atoms with van der Waals surface area (Å²) in [7, 11) is 0. The topological polar surface area (TPSA) is 92.4 Å². The predicted octanol–water partition coefficient (Wildman–Crippen LogP) is 2.63. The van der Waals surface area contributed by atoms with Crippen LogP contribution in [0.1, 0.15) is 39.8 Å². The minimum absolute atomic E-state index is 0.185. The number of anilines is 1. The number of carbonyl (C=O) groups is 1. The number of rotatable bonds is 3. The van der Waals surface area contributed by atoms with Crippen molar-refractivity contribution in [1.29, 1.82) is 0 Å². The standard InChI is InChI=1S/C19H22N2O4/c1-6-9-19(24,11-18(3,4)5)17(23)20-13-7-8-14-15(10-13)12(2)21-25-16(14)22/h7-8,10,24H,11H2,1-5H3,(H,20,23). The van der Waals surface area contributed by atoms with Gasteiger partial charge in [-0.1, -0.05) is 31.8 Å². The Kier molecular flexibility index (Phi) is 5.00. The highest BCUT2D eigenvalue weighted by Crippen LogP contribution is 2.28. The Balaban J connectivity index is 2.38. The molecule has 1 heterocycles. The first kappa shape index (κ1) is 18.7. The van der Waals surface area contributed by atoms with Crippen molar-refractivity contribution in [2.24, 2.45) is 5.41 Å². The van der Waals surface area contributed by atoms with Crippen LogP contribution in [0.3, 0.4) is 0 Å². The third-order valence-corrected chi connectivity index (χ3v) is 3.65. The lowest BCUT2D eigenvalue weighted by molar-refractivity contribution is -0.131. The molecule has 0 aliphatic rings. The number of aromatic nitrogens is 1. The quantitative estimate of drug-likeness (QED) is 0.837. The van der Waals surface area contributed by atoms with E-state index in [0.29, 0.717) is 22.2 Å². The van der Waals surface area contributed by atoms with E-state index in [-0.39, 0.29) is 11.8 Å². The number of nitrogens with one attached hydrogen (secondary N) is 1. The molecule has 0 fully saturated rings. The molecule has 0 aliphatic carbocycles. The summed E-state index contributed by atoms with van der Waals surface area (Å²) in [6.45, 7) is 9.05. The van der Waals surface area contributed by atoms with Gasteiger partial charge in [-0.3, -0.25) is 4.79 Å². The number of benzene rings is 1. The number of amides is 1. The van der Waals surface area contributed by atoms with Gasteiger partial charge >= 0.3 is 5.63 Å². The molecule has 0 bridgehead atoms. The van der Waals surface area contributed by atoms with Crippen LogP contribution in [0.5, 0.6) is 0 Å². The lowest BCUT2D eigenvalue weighted by atomic mass is 9.81. The average Bonchev–Trinajstić information content (AvgIpc) is 2.49. The van der Waals surface area contributed by atoms with E-state index in [2.05, 4.69) is 26.8 Å². The number of nitrogens with zero attached hydrogens (tertiary/aromatic N) is 1. The molecule has 0 aliphatic heterocycles. The molecule has 0 saturated carbocycles. The van der Waals surface area contributed by atoms with Crippen LogP contribution in [0.2, 0.25) is 0 Å². The maximum atomic E-state index is 12.6. The van der Waals surface area contributed by atoms with E-state index in [0.717, 1.165) is 0 Å². The number of hydrogen-bond acceptors (Lipinski definition) is 5. The Morgan fingerprint density at radius 2 is 2.00 bits per heavy atom. The molecule has 0 saturated heterocycles. The monoisotopic (exact) mass is 342 g/mol. The second kappa shape index (κ2) is 6.69. The Morgan fingerprint density at radius 3 is 2.60 bits per heavy atom. The summed E-state index contributed by atoms with van der Waals surface area (Å²) in [6.07, 6.45) is 0.185. The van der Waals surface area contributed by atoms with Crippen molar-refractivity contribution in [1.82, 2.24) is 5.16 Å². The van der Waals surface area contributed by atoms with Crippen molar-refractivity contribution in [2.45, 2.75) is 46.6 Å². The third-order valence-electron chi connectivity index (χ3n) is 3.65. The number of aryl methyl sites for hydroxylation is 1. The first-order valence-corrected chi connectivity index (χ1v) is 7.94. The van der Waals surface area contributed by atoms with Gasteiger partial charge in [-0.2, -0.15) is 0 Å². The normalized spacial score (nSPS) is 13.7. The SMILES string of the molecule is CC#CC(O)(CC(C)(C)C)C(=O)Nc1ccc2c(=O)onc(C)c2c1. The van der Waals surface area contributed by atoms with Crippen LogP contribution in [0.15, 0.2) is 27.5 Å². The fraction of sp³-hybridized carbons (Fsp3) is 0.421. The predicted molar refractivity (Wildman–Crippen MR) is 96.1 cm³/mol. The van der Waals surface area contributed by atoms with Crippen LogP contribution in [0, 0.1) is 24.2 Å². The summed E-state index contributed by atoms with van der Waals surface area (Å²) >= 11 is 0. The number of hydrogen-bond donors (Lipinski definition) is 2. The molecular weight excluding hydrogens is 320 g/mol. The van der Waals surface area contributed by atoms with Gasteiger partial charge in [-0.15, -0.1) is 5.92 Å². The van der Waals surface area contributed by atoms with Gasteiger partial charge in [0.2, 0.25) is 5.60 Å². The first-order chi connectivity index (χ1) is 11.6. The van der Waals surface area contributed by atoms with Gasteiger partial charge in [-0.25, -0.2) is 4.79 Å². The van der Waals surface area contributed by atoms with Gasteiger partial charge in [0.05, 0.1) is 11.1 Å². The minimum Gasteiger partial charge on any atom is -0.369 e. The van der Waals surface area contributed by atoms with E-state index in [1.807, 2.05) is 20.8 Å². The number of carbonyl (C=O) groups excluding carboxylic acids is 1. The summed E-state index contributed by atoms with van der Waals surface area (Å²) < 4.78 is 4.68. The van der Waals surface area contributed by atoms with Crippen LogP contribution in [0.25, 0.3) is 10.8 Å². The van der Waals surface area contributed by atoms with Gasteiger partial charge < -0.3 is 14.9 Å². The summed E-state index contributed by atoms with van der Waals surface area (Å²) in [4.78, 5) is 24.3. The molecule has 0 spiro atoms. The Morgan fingerprint density at radius 1 is 1.32 bits per heavy atom. The molecular formula is C19H22N2O4. The van der Waals surface area contributed by atoms with Crippen LogP contribution >= 0.6 is 0 Å². The second-order valence-electron chi connectivity index (χ2n) is 7.24. The van der Waals surface area contributed by atoms with Crippen molar-refractivity contribution in [3.05, 3.63) is 34.3 Å². The van der Waals surface area contributed by atoms with Gasteiger partial charge in [0.25, 0.3) is 5.91 Å². The van der Waals surface area contributed by atoms with Gasteiger partial charge in [0.15, 0.2) is 0 Å². The molecule has 2 aromatic rings. The zero-order valence-corrected chi connectivity index (χ0v) is 15.1. The summed E-state index contributed by atoms with van der Waals surface area (Å²) in [6, 6.07) is 4.76. The molecule has 2 N–H and O–H groups in total. The van der Waals surface area contributed by atoms with Crippen LogP contribution in [-0.4, -0.2) is 21.8 Å². The molecule has 6 nitrogen and oxygen atoms in total. The highest BCUT2D eigenvalue weighted by atomic mass is 16.5. The van der Waals surface area contributed by atoms with Crippen molar-refractivity contribution < 1.29 is 14.4 Å². The smallest absolute Gasteiger partial charge is 0.366 e. The van der Waals surface area contributed by atoms with E-state index >= 15 is 0 Å². The minimum atomic E-state index is -1.80. The Labute approximate surface area is 146 Å². The fourth-order valence-electron chi connectivity index (χ4n) is 2.70. The average molecular weight is 342 g/mol. The Hall–Kier alpha value is -2.65. The van der Waals surface area contributed by atoms with Crippen LogP contribution in [-0.2, 0) is 4.79 Å². The summed E-state index contributed by atoms with van der Waals surface area (Å²) in [5.74, 6) is 4.62. The highest BCUT2D eigenvalue weighted by molar-refractivity contribution is 6.01. The largest absolute Gasteiger partial charge is 0.369 e. The van der Waals surface area contributed by atoms with E-state index in [4.69, 9.17) is 0 Å². The highest BCUT2D eigenvalue weighted by Gasteiger charge is 2.38. The molecule has 1 amide bonds. The van der Waals surface area contributed by atoms with Crippen molar-refractivity contribution in [3.63, 3.8) is 0 Å². The van der Waals surface area contributed by atoms with Gasteiger partial charge in [0.1, 0.15) is 0 Å². The van der Waals surface area contributed by atoms with Crippen LogP contribution in [0.4, 0.5) is 5.69 Å². The van der Waals surface area contributed by atoms with Crippen LogP contribution < -0.4 is 10.9 Å². The maximum Gasteiger partial charge on any atom is 0.366 e. The lowest BCUT2D eigenvalue weighted by Gasteiger charge is -2.29.